The zero-order valence-electron chi connectivity index (χ0n) is 16.7. The van der Waals surface area contributed by atoms with Crippen LogP contribution in [0.3, 0.4) is 0 Å². The topological polar surface area (TPSA) is 91.4 Å². The van der Waals surface area contributed by atoms with Crippen LogP contribution in [0.25, 0.3) is 0 Å². The Morgan fingerprint density at radius 2 is 2.03 bits per heavy atom. The molecule has 2 aromatic rings. The van der Waals surface area contributed by atoms with Gasteiger partial charge < -0.3 is 15.5 Å². The van der Waals surface area contributed by atoms with Gasteiger partial charge in [0, 0.05) is 36.7 Å². The van der Waals surface area contributed by atoms with Crippen LogP contribution in [0, 0.1) is 5.92 Å². The molecule has 1 aromatic carbocycles. The van der Waals surface area contributed by atoms with E-state index in [4.69, 9.17) is 0 Å². The molecule has 0 spiro atoms. The molecule has 2 N–H and O–H groups in total. The van der Waals surface area contributed by atoms with Gasteiger partial charge in [0.25, 0.3) is 11.8 Å². The van der Waals surface area contributed by atoms with Gasteiger partial charge in [-0.05, 0) is 49.1 Å². The lowest BCUT2D eigenvalue weighted by Gasteiger charge is -2.29. The molecule has 1 saturated heterocycles. The highest BCUT2D eigenvalue weighted by atomic mass is 16.2. The lowest BCUT2D eigenvalue weighted by molar-refractivity contribution is -0.125. The summed E-state index contributed by atoms with van der Waals surface area (Å²) in [4.78, 5) is 43.7. The summed E-state index contributed by atoms with van der Waals surface area (Å²) in [5, 5.41) is 5.69. The summed E-state index contributed by atoms with van der Waals surface area (Å²) in [6.07, 6.45) is 4.40. The van der Waals surface area contributed by atoms with Gasteiger partial charge in [0.15, 0.2) is 0 Å². The van der Waals surface area contributed by atoms with Crippen LogP contribution in [0.1, 0.15) is 47.4 Å². The normalized spacial score (nSPS) is 16.9. The summed E-state index contributed by atoms with van der Waals surface area (Å²) < 4.78 is 0. The first-order valence-electron chi connectivity index (χ1n) is 9.86. The summed E-state index contributed by atoms with van der Waals surface area (Å²) in [5.41, 5.74) is 1.40. The number of aromatic nitrogens is 1. The molecule has 1 unspecified atom stereocenters. The van der Waals surface area contributed by atoms with Gasteiger partial charge in [-0.25, -0.2) is 0 Å². The smallest absolute Gasteiger partial charge is 0.257 e. The summed E-state index contributed by atoms with van der Waals surface area (Å²) in [6, 6.07) is 9.67. The molecule has 29 heavy (non-hydrogen) atoms. The second kappa shape index (κ2) is 9.32. The second-order valence-corrected chi connectivity index (χ2v) is 7.57. The Morgan fingerprint density at radius 3 is 2.76 bits per heavy atom. The third kappa shape index (κ3) is 5.19. The Bertz CT molecular complexity index is 883. The molecule has 7 nitrogen and oxygen atoms in total. The van der Waals surface area contributed by atoms with Gasteiger partial charge in [-0.3, -0.25) is 19.4 Å². The number of nitrogens with zero attached hydrogens (tertiary/aromatic N) is 2. The van der Waals surface area contributed by atoms with Gasteiger partial charge in [0.1, 0.15) is 6.04 Å². The van der Waals surface area contributed by atoms with Gasteiger partial charge in [-0.15, -0.1) is 0 Å². The Morgan fingerprint density at radius 1 is 1.24 bits per heavy atom. The zero-order valence-corrected chi connectivity index (χ0v) is 16.7. The average molecular weight is 394 g/mol. The number of amides is 3. The van der Waals surface area contributed by atoms with Crippen LogP contribution >= 0.6 is 0 Å². The SMILES string of the molecule is CC(C)CC1C(=O)NCCCN1C(=O)c1cccc(NC(=O)c2cccnc2)c1. The second-order valence-electron chi connectivity index (χ2n) is 7.57. The molecule has 1 aliphatic heterocycles. The first kappa shape index (κ1) is 20.5. The number of rotatable bonds is 5. The van der Waals surface area contributed by atoms with Gasteiger partial charge in [0.05, 0.1) is 5.56 Å². The van der Waals surface area contributed by atoms with E-state index in [1.165, 1.54) is 6.20 Å². The van der Waals surface area contributed by atoms with E-state index >= 15 is 0 Å². The molecule has 152 valence electrons. The van der Waals surface area contributed by atoms with Crippen molar-refractivity contribution in [1.29, 1.82) is 0 Å². The van der Waals surface area contributed by atoms with E-state index in [9.17, 15) is 14.4 Å². The van der Waals surface area contributed by atoms with Gasteiger partial charge >= 0.3 is 0 Å². The highest BCUT2D eigenvalue weighted by Gasteiger charge is 2.32. The summed E-state index contributed by atoms with van der Waals surface area (Å²) in [6.45, 7) is 5.16. The lowest BCUT2D eigenvalue weighted by atomic mass is 10.0. The Balaban J connectivity index is 1.80. The van der Waals surface area contributed by atoms with Gasteiger partial charge in [0.2, 0.25) is 5.91 Å². The fraction of sp³-hybridized carbons (Fsp3) is 0.364. The summed E-state index contributed by atoms with van der Waals surface area (Å²) in [5.74, 6) is -0.324. The van der Waals surface area contributed by atoms with E-state index in [2.05, 4.69) is 15.6 Å². The number of benzene rings is 1. The summed E-state index contributed by atoms with van der Waals surface area (Å²) in [7, 11) is 0. The van der Waals surface area contributed by atoms with E-state index in [-0.39, 0.29) is 23.6 Å². The molecule has 0 saturated carbocycles. The number of hydrogen-bond acceptors (Lipinski definition) is 4. The predicted molar refractivity (Wildman–Crippen MR) is 111 cm³/mol. The fourth-order valence-corrected chi connectivity index (χ4v) is 3.40. The minimum atomic E-state index is -0.487. The van der Waals surface area contributed by atoms with Crippen LogP contribution in [0.2, 0.25) is 0 Å². The molecule has 0 aliphatic carbocycles. The van der Waals surface area contributed by atoms with Crippen molar-refractivity contribution in [1.82, 2.24) is 15.2 Å². The van der Waals surface area contributed by atoms with Crippen molar-refractivity contribution >= 4 is 23.4 Å². The molecular weight excluding hydrogens is 368 g/mol. The molecule has 3 amide bonds. The van der Waals surface area contributed by atoms with Crippen molar-refractivity contribution in [2.75, 3.05) is 18.4 Å². The quantitative estimate of drug-likeness (QED) is 0.816. The van der Waals surface area contributed by atoms with E-state index < -0.39 is 6.04 Å². The average Bonchev–Trinajstić information content (AvgIpc) is 2.89. The summed E-state index contributed by atoms with van der Waals surface area (Å²) >= 11 is 0. The van der Waals surface area contributed by atoms with Crippen LogP contribution in [-0.2, 0) is 4.79 Å². The van der Waals surface area contributed by atoms with Crippen molar-refractivity contribution in [3.05, 3.63) is 59.9 Å². The van der Waals surface area contributed by atoms with Crippen molar-refractivity contribution < 1.29 is 14.4 Å². The molecule has 0 bridgehead atoms. The number of anilines is 1. The van der Waals surface area contributed by atoms with Crippen molar-refractivity contribution in [2.24, 2.45) is 5.92 Å². The maximum atomic E-state index is 13.2. The van der Waals surface area contributed by atoms with Crippen molar-refractivity contribution in [3.63, 3.8) is 0 Å². The third-order valence-corrected chi connectivity index (χ3v) is 4.80. The van der Waals surface area contributed by atoms with Crippen LogP contribution < -0.4 is 10.6 Å². The predicted octanol–water partition coefficient (Wildman–Crippen LogP) is 2.71. The highest BCUT2D eigenvalue weighted by molar-refractivity contribution is 6.05. The maximum Gasteiger partial charge on any atom is 0.257 e. The fourth-order valence-electron chi connectivity index (χ4n) is 3.40. The first-order valence-corrected chi connectivity index (χ1v) is 9.86. The molecule has 2 heterocycles. The van der Waals surface area contributed by atoms with Crippen molar-refractivity contribution in [2.45, 2.75) is 32.7 Å². The van der Waals surface area contributed by atoms with Gasteiger partial charge in [-0.1, -0.05) is 19.9 Å². The third-order valence-electron chi connectivity index (χ3n) is 4.80. The molecule has 1 aliphatic rings. The number of carbonyl (C=O) groups excluding carboxylic acids is 3. The van der Waals surface area contributed by atoms with E-state index in [0.29, 0.717) is 42.7 Å². The maximum absolute atomic E-state index is 13.2. The first-order chi connectivity index (χ1) is 14.0. The molecule has 1 fully saturated rings. The van der Waals surface area contributed by atoms with Gasteiger partial charge in [-0.2, -0.15) is 0 Å². The Labute approximate surface area is 170 Å². The zero-order chi connectivity index (χ0) is 20.8. The molecule has 3 rings (SSSR count). The Hall–Kier alpha value is -3.22. The highest BCUT2D eigenvalue weighted by Crippen LogP contribution is 2.20. The number of carbonyl (C=O) groups is 3. The Kier molecular flexibility index (Phi) is 6.59. The van der Waals surface area contributed by atoms with Crippen LogP contribution in [-0.4, -0.2) is 46.7 Å². The molecule has 1 atom stereocenters. The van der Waals surface area contributed by atoms with E-state index in [1.807, 2.05) is 13.8 Å². The number of nitrogens with one attached hydrogen (secondary N) is 2. The molecular formula is C22H26N4O3. The number of pyridine rings is 1. The molecule has 1 aromatic heterocycles. The van der Waals surface area contributed by atoms with E-state index in [1.54, 1.807) is 47.5 Å². The monoisotopic (exact) mass is 394 g/mol. The minimum Gasteiger partial charge on any atom is -0.354 e. The van der Waals surface area contributed by atoms with Crippen molar-refractivity contribution in [3.8, 4) is 0 Å². The standard InChI is InChI=1S/C22H26N4O3/c1-15(2)12-19-21(28)24-10-5-11-26(19)22(29)16-6-3-8-18(13-16)25-20(27)17-7-4-9-23-14-17/h3-4,6-9,13-15,19H,5,10-12H2,1-2H3,(H,24,28)(H,25,27). The minimum absolute atomic E-state index is 0.106. The molecule has 0 radical (unpaired) electrons. The lowest BCUT2D eigenvalue weighted by Crippen LogP contribution is -2.47. The largest absolute Gasteiger partial charge is 0.354 e. The van der Waals surface area contributed by atoms with Crippen LogP contribution in [0.4, 0.5) is 5.69 Å². The van der Waals surface area contributed by atoms with E-state index in [0.717, 1.165) is 0 Å². The van der Waals surface area contributed by atoms with Crippen LogP contribution in [0.15, 0.2) is 48.8 Å². The molecule has 7 heteroatoms. The van der Waals surface area contributed by atoms with Crippen LogP contribution in [0.5, 0.6) is 0 Å². The number of hydrogen-bond donors (Lipinski definition) is 2.